The van der Waals surface area contributed by atoms with Gasteiger partial charge in [-0.3, -0.25) is 9.59 Å². The second-order valence-electron chi connectivity index (χ2n) is 10.9. The molecule has 1 aromatic rings. The van der Waals surface area contributed by atoms with Crippen molar-refractivity contribution in [3.8, 4) is 0 Å². The normalized spacial score (nSPS) is 13.9. The van der Waals surface area contributed by atoms with E-state index < -0.39 is 36.3 Å². The van der Waals surface area contributed by atoms with Gasteiger partial charge in [0.25, 0.3) is 0 Å². The first-order valence-corrected chi connectivity index (χ1v) is 13.6. The van der Waals surface area contributed by atoms with Crippen molar-refractivity contribution in [2.75, 3.05) is 13.2 Å². The highest BCUT2D eigenvalue weighted by atomic mass is 16.6. The van der Waals surface area contributed by atoms with Gasteiger partial charge in [-0.2, -0.15) is 0 Å². The molecule has 3 unspecified atom stereocenters. The van der Waals surface area contributed by atoms with Crippen LogP contribution in [0.5, 0.6) is 0 Å². The molecule has 210 valence electrons. The van der Waals surface area contributed by atoms with Gasteiger partial charge in [0, 0.05) is 12.6 Å². The molecule has 0 aliphatic rings. The predicted molar refractivity (Wildman–Crippen MR) is 147 cm³/mol. The molecule has 0 saturated heterocycles. The number of ether oxygens (including phenoxy) is 1. The van der Waals surface area contributed by atoms with Crippen LogP contribution in [0.25, 0.3) is 0 Å². The SMILES string of the molecule is CCCCCCN(C(=O)C(CO)NC(=O)OC(C)(C)C)C(C(=O)NC(C)CCC)c1cccc(C)c1C. The summed E-state index contributed by atoms with van der Waals surface area (Å²) in [5, 5.41) is 15.7. The van der Waals surface area contributed by atoms with Crippen molar-refractivity contribution in [2.45, 2.75) is 118 Å². The molecule has 0 radical (unpaired) electrons. The summed E-state index contributed by atoms with van der Waals surface area (Å²) in [7, 11) is 0. The summed E-state index contributed by atoms with van der Waals surface area (Å²) in [6.07, 6.45) is 4.57. The van der Waals surface area contributed by atoms with E-state index in [1.165, 1.54) is 4.90 Å². The van der Waals surface area contributed by atoms with Gasteiger partial charge in [0.1, 0.15) is 17.7 Å². The number of unbranched alkanes of at least 4 members (excludes halogenated alkanes) is 3. The lowest BCUT2D eigenvalue weighted by atomic mass is 9.94. The van der Waals surface area contributed by atoms with Crippen LogP contribution in [0, 0.1) is 13.8 Å². The molecule has 0 saturated carbocycles. The summed E-state index contributed by atoms with van der Waals surface area (Å²) < 4.78 is 5.31. The topological polar surface area (TPSA) is 108 Å². The van der Waals surface area contributed by atoms with Crippen molar-refractivity contribution in [3.05, 3.63) is 34.9 Å². The Morgan fingerprint density at radius 1 is 1.03 bits per heavy atom. The highest BCUT2D eigenvalue weighted by Crippen LogP contribution is 2.28. The summed E-state index contributed by atoms with van der Waals surface area (Å²) >= 11 is 0. The maximum atomic E-state index is 13.9. The minimum atomic E-state index is -1.24. The lowest BCUT2D eigenvalue weighted by molar-refractivity contribution is -0.143. The first kappa shape index (κ1) is 32.4. The number of benzene rings is 1. The van der Waals surface area contributed by atoms with E-state index in [9.17, 15) is 19.5 Å². The summed E-state index contributed by atoms with van der Waals surface area (Å²) in [6.45, 7) is 14.9. The minimum Gasteiger partial charge on any atom is -0.444 e. The predicted octanol–water partition coefficient (Wildman–Crippen LogP) is 4.94. The van der Waals surface area contributed by atoms with E-state index in [2.05, 4.69) is 24.5 Å². The zero-order valence-corrected chi connectivity index (χ0v) is 24.1. The van der Waals surface area contributed by atoms with Crippen LogP contribution in [0.1, 0.15) is 103 Å². The van der Waals surface area contributed by atoms with Gasteiger partial charge in [-0.1, -0.05) is 57.7 Å². The molecule has 37 heavy (non-hydrogen) atoms. The number of carbonyl (C=O) groups excluding carboxylic acids is 3. The van der Waals surface area contributed by atoms with Crippen molar-refractivity contribution < 1.29 is 24.2 Å². The van der Waals surface area contributed by atoms with E-state index in [-0.39, 0.29) is 11.9 Å². The number of aliphatic hydroxyl groups excluding tert-OH is 1. The van der Waals surface area contributed by atoms with Gasteiger partial charge < -0.3 is 25.4 Å². The highest BCUT2D eigenvalue weighted by Gasteiger charge is 2.37. The van der Waals surface area contributed by atoms with Crippen LogP contribution in [-0.4, -0.2) is 58.8 Å². The van der Waals surface area contributed by atoms with E-state index in [0.717, 1.165) is 48.8 Å². The molecule has 3 N–H and O–H groups in total. The van der Waals surface area contributed by atoms with Gasteiger partial charge in [-0.15, -0.1) is 0 Å². The van der Waals surface area contributed by atoms with Crippen LogP contribution in [0.2, 0.25) is 0 Å². The van der Waals surface area contributed by atoms with Crippen LogP contribution in [0.15, 0.2) is 18.2 Å². The number of nitrogens with zero attached hydrogens (tertiary/aromatic N) is 1. The molecule has 0 heterocycles. The number of nitrogens with one attached hydrogen (secondary N) is 2. The summed E-state index contributed by atoms with van der Waals surface area (Å²) in [5.74, 6) is -0.790. The first-order chi connectivity index (χ1) is 17.4. The van der Waals surface area contributed by atoms with Crippen molar-refractivity contribution in [1.82, 2.24) is 15.5 Å². The van der Waals surface area contributed by atoms with Gasteiger partial charge >= 0.3 is 6.09 Å². The Kier molecular flexibility index (Phi) is 13.7. The molecule has 1 rings (SSSR count). The van der Waals surface area contributed by atoms with Gasteiger partial charge in [-0.25, -0.2) is 4.79 Å². The Hall–Kier alpha value is -2.61. The fraction of sp³-hybridized carbons (Fsp3) is 0.690. The average molecular weight is 520 g/mol. The molecule has 0 spiro atoms. The van der Waals surface area contributed by atoms with E-state index >= 15 is 0 Å². The lowest BCUT2D eigenvalue weighted by Crippen LogP contribution is -2.55. The number of hydrogen-bond donors (Lipinski definition) is 3. The fourth-order valence-corrected chi connectivity index (χ4v) is 4.26. The van der Waals surface area contributed by atoms with Gasteiger partial charge in [0.15, 0.2) is 0 Å². The largest absolute Gasteiger partial charge is 0.444 e. The molecule has 3 atom stereocenters. The summed E-state index contributed by atoms with van der Waals surface area (Å²) in [5.41, 5.74) is 1.92. The van der Waals surface area contributed by atoms with Crippen LogP contribution >= 0.6 is 0 Å². The molecule has 0 aliphatic carbocycles. The summed E-state index contributed by atoms with van der Waals surface area (Å²) in [4.78, 5) is 41.6. The monoisotopic (exact) mass is 519 g/mol. The minimum absolute atomic E-state index is 0.0596. The zero-order valence-electron chi connectivity index (χ0n) is 24.1. The molecule has 0 aliphatic heterocycles. The van der Waals surface area contributed by atoms with E-state index in [0.29, 0.717) is 13.0 Å². The van der Waals surface area contributed by atoms with Crippen LogP contribution in [-0.2, 0) is 14.3 Å². The number of rotatable bonds is 14. The lowest BCUT2D eigenvalue weighted by Gasteiger charge is -2.35. The molecule has 8 heteroatoms. The quantitative estimate of drug-likeness (QED) is 0.302. The average Bonchev–Trinajstić information content (AvgIpc) is 2.80. The second kappa shape index (κ2) is 15.6. The number of aliphatic hydroxyl groups is 1. The molecule has 0 fully saturated rings. The Morgan fingerprint density at radius 3 is 2.27 bits per heavy atom. The molecule has 1 aromatic carbocycles. The zero-order chi connectivity index (χ0) is 28.2. The molecular formula is C29H49N3O5. The molecule has 0 aromatic heterocycles. The number of alkyl carbamates (subject to hydrolysis) is 1. The number of hydrogen-bond acceptors (Lipinski definition) is 5. The maximum absolute atomic E-state index is 13.9. The van der Waals surface area contributed by atoms with Crippen LogP contribution < -0.4 is 10.6 Å². The third kappa shape index (κ3) is 10.7. The molecule has 3 amide bonds. The van der Waals surface area contributed by atoms with E-state index in [1.807, 2.05) is 39.0 Å². The number of aryl methyl sites for hydroxylation is 1. The Labute approximate surface area is 223 Å². The van der Waals surface area contributed by atoms with Gasteiger partial charge in [0.05, 0.1) is 6.61 Å². The third-order valence-corrected chi connectivity index (χ3v) is 6.32. The van der Waals surface area contributed by atoms with Gasteiger partial charge in [0.2, 0.25) is 11.8 Å². The number of carbonyl (C=O) groups is 3. The maximum Gasteiger partial charge on any atom is 0.408 e. The number of amides is 3. The molecule has 0 bridgehead atoms. The second-order valence-corrected chi connectivity index (χ2v) is 10.9. The summed E-state index contributed by atoms with van der Waals surface area (Å²) in [6, 6.07) is 3.53. The Morgan fingerprint density at radius 2 is 1.70 bits per heavy atom. The first-order valence-electron chi connectivity index (χ1n) is 13.6. The van der Waals surface area contributed by atoms with Crippen molar-refractivity contribution in [2.24, 2.45) is 0 Å². The third-order valence-electron chi connectivity index (χ3n) is 6.32. The van der Waals surface area contributed by atoms with Crippen molar-refractivity contribution >= 4 is 17.9 Å². The van der Waals surface area contributed by atoms with E-state index in [4.69, 9.17) is 4.74 Å². The fourth-order valence-electron chi connectivity index (χ4n) is 4.26. The smallest absolute Gasteiger partial charge is 0.408 e. The standard InChI is InChI=1S/C29H49N3O5/c1-9-11-12-13-18-32(27(35)24(19-33)31-28(36)37-29(6,7)8)25(26(34)30-21(4)15-10-2)23-17-14-16-20(3)22(23)5/h14,16-17,21,24-25,33H,9-13,15,18-19H2,1-8H3,(H,30,34)(H,31,36). The van der Waals surface area contributed by atoms with E-state index in [1.54, 1.807) is 20.8 Å². The highest BCUT2D eigenvalue weighted by molar-refractivity contribution is 5.92. The Balaban J connectivity index is 3.48. The molecular weight excluding hydrogens is 470 g/mol. The van der Waals surface area contributed by atoms with Crippen molar-refractivity contribution in [3.63, 3.8) is 0 Å². The Bertz CT molecular complexity index is 881. The van der Waals surface area contributed by atoms with Crippen LogP contribution in [0.4, 0.5) is 4.79 Å². The van der Waals surface area contributed by atoms with Crippen LogP contribution in [0.3, 0.4) is 0 Å². The van der Waals surface area contributed by atoms with Gasteiger partial charge in [-0.05, 0) is 71.1 Å². The molecule has 8 nitrogen and oxygen atoms in total. The van der Waals surface area contributed by atoms with Crippen molar-refractivity contribution in [1.29, 1.82) is 0 Å².